The van der Waals surface area contributed by atoms with Crippen molar-refractivity contribution < 1.29 is 9.53 Å². The predicted molar refractivity (Wildman–Crippen MR) is 84.0 cm³/mol. The van der Waals surface area contributed by atoms with E-state index in [1.165, 1.54) is 0 Å². The van der Waals surface area contributed by atoms with E-state index in [1.807, 2.05) is 18.2 Å². The molecular weight excluding hydrogens is 264 g/mol. The van der Waals surface area contributed by atoms with E-state index in [2.05, 4.69) is 36.6 Å². The molecule has 3 atom stereocenters. The largest absolute Gasteiger partial charge is 0.379 e. The minimum absolute atomic E-state index is 0.0751. The Morgan fingerprint density at radius 2 is 2.05 bits per heavy atom. The number of carbonyl (C=O) groups excluding carboxylic acids is 1. The first-order valence-electron chi connectivity index (χ1n) is 7.92. The van der Waals surface area contributed by atoms with Crippen molar-refractivity contribution in [1.82, 2.24) is 10.6 Å². The quantitative estimate of drug-likeness (QED) is 0.810. The summed E-state index contributed by atoms with van der Waals surface area (Å²) < 4.78 is 5.49. The molecule has 2 N–H and O–H groups in total. The summed E-state index contributed by atoms with van der Waals surface area (Å²) in [5.74, 6) is 0.00567. The minimum atomic E-state index is -0.0886. The highest BCUT2D eigenvalue weighted by molar-refractivity contribution is 5.80. The van der Waals surface area contributed by atoms with Crippen molar-refractivity contribution in [2.45, 2.75) is 38.8 Å². The summed E-state index contributed by atoms with van der Waals surface area (Å²) in [7, 11) is 0. The zero-order valence-electron chi connectivity index (χ0n) is 13.0. The molecule has 1 heterocycles. The Bertz CT molecular complexity index is 436. The van der Waals surface area contributed by atoms with Crippen molar-refractivity contribution in [3.8, 4) is 0 Å². The highest BCUT2D eigenvalue weighted by Gasteiger charge is 2.34. The number of amides is 1. The predicted octanol–water partition coefficient (Wildman–Crippen LogP) is 2.27. The van der Waals surface area contributed by atoms with Gasteiger partial charge in [-0.25, -0.2) is 0 Å². The van der Waals surface area contributed by atoms with Gasteiger partial charge in [0, 0.05) is 6.04 Å². The Labute approximate surface area is 127 Å². The van der Waals surface area contributed by atoms with Gasteiger partial charge in [-0.2, -0.15) is 0 Å². The van der Waals surface area contributed by atoms with Crippen molar-refractivity contribution >= 4 is 5.91 Å². The molecule has 2 rings (SSSR count). The van der Waals surface area contributed by atoms with Crippen LogP contribution in [0.15, 0.2) is 30.3 Å². The van der Waals surface area contributed by atoms with Crippen LogP contribution in [-0.2, 0) is 9.53 Å². The van der Waals surface area contributed by atoms with Gasteiger partial charge in [0.05, 0.1) is 25.2 Å². The van der Waals surface area contributed by atoms with Crippen LogP contribution in [-0.4, -0.2) is 31.7 Å². The molecule has 0 saturated carbocycles. The summed E-state index contributed by atoms with van der Waals surface area (Å²) in [6, 6.07) is 10.3. The second-order valence-corrected chi connectivity index (χ2v) is 5.58. The molecule has 0 aromatic heterocycles. The maximum atomic E-state index is 12.5. The standard InChI is InChI=1S/C17H26N2O2/c1-3-10-18-16-12-21-11-14(16)17(20)19-15(4-2)13-8-6-5-7-9-13/h5-9,14-16,18H,3-4,10-12H2,1-2H3,(H,19,20). The fraction of sp³-hybridized carbons (Fsp3) is 0.588. The summed E-state index contributed by atoms with van der Waals surface area (Å²) in [5.41, 5.74) is 1.16. The van der Waals surface area contributed by atoms with Gasteiger partial charge in [-0.05, 0) is 24.9 Å². The lowest BCUT2D eigenvalue weighted by Gasteiger charge is -2.23. The van der Waals surface area contributed by atoms with E-state index in [9.17, 15) is 4.79 Å². The van der Waals surface area contributed by atoms with Crippen LogP contribution < -0.4 is 10.6 Å². The van der Waals surface area contributed by atoms with Gasteiger partial charge < -0.3 is 15.4 Å². The minimum Gasteiger partial charge on any atom is -0.379 e. The molecule has 1 aliphatic rings. The lowest BCUT2D eigenvalue weighted by atomic mass is 9.99. The Hall–Kier alpha value is -1.39. The first kappa shape index (κ1) is 16.0. The van der Waals surface area contributed by atoms with Crippen LogP contribution in [0.5, 0.6) is 0 Å². The second-order valence-electron chi connectivity index (χ2n) is 5.58. The van der Waals surface area contributed by atoms with E-state index in [-0.39, 0.29) is 23.9 Å². The third-order valence-electron chi connectivity index (χ3n) is 4.00. The van der Waals surface area contributed by atoms with Crippen molar-refractivity contribution in [2.75, 3.05) is 19.8 Å². The van der Waals surface area contributed by atoms with Crippen LogP contribution in [0, 0.1) is 5.92 Å². The fourth-order valence-electron chi connectivity index (χ4n) is 2.73. The van der Waals surface area contributed by atoms with Gasteiger partial charge in [-0.15, -0.1) is 0 Å². The highest BCUT2D eigenvalue weighted by Crippen LogP contribution is 2.19. The van der Waals surface area contributed by atoms with Crippen LogP contribution in [0.3, 0.4) is 0 Å². The van der Waals surface area contributed by atoms with Gasteiger partial charge in [0.15, 0.2) is 0 Å². The first-order chi connectivity index (χ1) is 10.3. The monoisotopic (exact) mass is 290 g/mol. The summed E-state index contributed by atoms with van der Waals surface area (Å²) in [6.45, 7) is 6.28. The molecule has 21 heavy (non-hydrogen) atoms. The first-order valence-corrected chi connectivity index (χ1v) is 7.92. The number of hydrogen-bond acceptors (Lipinski definition) is 3. The number of benzene rings is 1. The molecule has 0 bridgehead atoms. The summed E-state index contributed by atoms with van der Waals surface area (Å²) in [6.07, 6.45) is 1.95. The molecule has 4 heteroatoms. The average Bonchev–Trinajstić information content (AvgIpc) is 2.99. The highest BCUT2D eigenvalue weighted by atomic mass is 16.5. The third kappa shape index (κ3) is 4.29. The van der Waals surface area contributed by atoms with Crippen LogP contribution in [0.4, 0.5) is 0 Å². The summed E-state index contributed by atoms with van der Waals surface area (Å²) >= 11 is 0. The van der Waals surface area contributed by atoms with Crippen LogP contribution in [0.25, 0.3) is 0 Å². The molecule has 0 spiro atoms. The maximum Gasteiger partial charge on any atom is 0.227 e. The van der Waals surface area contributed by atoms with E-state index in [4.69, 9.17) is 4.74 Å². The van der Waals surface area contributed by atoms with Crippen LogP contribution in [0.1, 0.15) is 38.3 Å². The van der Waals surface area contributed by atoms with Gasteiger partial charge in [-0.3, -0.25) is 4.79 Å². The Kier molecular flexibility index (Phi) is 6.21. The Morgan fingerprint density at radius 1 is 1.29 bits per heavy atom. The zero-order valence-corrected chi connectivity index (χ0v) is 13.0. The Morgan fingerprint density at radius 3 is 2.71 bits per heavy atom. The zero-order chi connectivity index (χ0) is 15.1. The van der Waals surface area contributed by atoms with Gasteiger partial charge in [0.2, 0.25) is 5.91 Å². The second kappa shape index (κ2) is 8.15. The summed E-state index contributed by atoms with van der Waals surface area (Å²) in [5, 5.41) is 6.58. The Balaban J connectivity index is 1.96. The normalized spacial score (nSPS) is 23.0. The molecule has 1 amide bonds. The molecule has 0 radical (unpaired) electrons. The van der Waals surface area contributed by atoms with E-state index in [1.54, 1.807) is 0 Å². The summed E-state index contributed by atoms with van der Waals surface area (Å²) in [4.78, 5) is 12.5. The molecular formula is C17H26N2O2. The molecule has 1 aliphatic heterocycles. The third-order valence-corrected chi connectivity index (χ3v) is 4.00. The molecule has 1 fully saturated rings. The van der Waals surface area contributed by atoms with E-state index < -0.39 is 0 Å². The van der Waals surface area contributed by atoms with Crippen molar-refractivity contribution in [3.05, 3.63) is 35.9 Å². The number of rotatable bonds is 7. The lowest BCUT2D eigenvalue weighted by Crippen LogP contribution is -2.45. The van der Waals surface area contributed by atoms with E-state index in [0.29, 0.717) is 13.2 Å². The molecule has 116 valence electrons. The average molecular weight is 290 g/mol. The van der Waals surface area contributed by atoms with Crippen LogP contribution in [0.2, 0.25) is 0 Å². The number of hydrogen-bond donors (Lipinski definition) is 2. The molecule has 1 saturated heterocycles. The van der Waals surface area contributed by atoms with Crippen molar-refractivity contribution in [3.63, 3.8) is 0 Å². The van der Waals surface area contributed by atoms with Gasteiger partial charge >= 0.3 is 0 Å². The molecule has 0 aliphatic carbocycles. The van der Waals surface area contributed by atoms with Crippen molar-refractivity contribution in [2.24, 2.45) is 5.92 Å². The SMILES string of the molecule is CCCNC1COCC1C(=O)NC(CC)c1ccccc1. The molecule has 4 nitrogen and oxygen atoms in total. The lowest BCUT2D eigenvalue weighted by molar-refractivity contribution is -0.126. The topological polar surface area (TPSA) is 50.4 Å². The number of ether oxygens (including phenoxy) is 1. The van der Waals surface area contributed by atoms with Gasteiger partial charge in [-0.1, -0.05) is 44.2 Å². The number of nitrogens with one attached hydrogen (secondary N) is 2. The smallest absolute Gasteiger partial charge is 0.227 e. The van der Waals surface area contributed by atoms with Gasteiger partial charge in [0.1, 0.15) is 0 Å². The van der Waals surface area contributed by atoms with Crippen molar-refractivity contribution in [1.29, 1.82) is 0 Å². The molecule has 1 aromatic carbocycles. The maximum absolute atomic E-state index is 12.5. The number of carbonyl (C=O) groups is 1. The fourth-order valence-corrected chi connectivity index (χ4v) is 2.73. The van der Waals surface area contributed by atoms with E-state index in [0.717, 1.165) is 24.9 Å². The molecule has 3 unspecified atom stereocenters. The van der Waals surface area contributed by atoms with Crippen LogP contribution >= 0.6 is 0 Å². The molecule has 1 aromatic rings. The van der Waals surface area contributed by atoms with Gasteiger partial charge in [0.25, 0.3) is 0 Å². The van der Waals surface area contributed by atoms with E-state index >= 15 is 0 Å².